The molecule has 7 nitrogen and oxygen atoms in total. The van der Waals surface area contributed by atoms with Gasteiger partial charge < -0.3 is 14.6 Å². The number of nitrogens with one attached hydrogen (secondary N) is 1. The highest BCUT2D eigenvalue weighted by Crippen LogP contribution is 2.32. The summed E-state index contributed by atoms with van der Waals surface area (Å²) in [7, 11) is 0. The number of rotatable bonds is 5. The summed E-state index contributed by atoms with van der Waals surface area (Å²) in [5.74, 6) is 0.302. The van der Waals surface area contributed by atoms with Gasteiger partial charge in [0.1, 0.15) is 16.9 Å². The van der Waals surface area contributed by atoms with Crippen molar-refractivity contribution in [3.63, 3.8) is 0 Å². The number of furan rings is 1. The number of carbonyl (C=O) groups is 2. The zero-order valence-corrected chi connectivity index (χ0v) is 20.6. The van der Waals surface area contributed by atoms with Crippen molar-refractivity contribution in [1.29, 1.82) is 0 Å². The topological polar surface area (TPSA) is 80.4 Å². The highest BCUT2D eigenvalue weighted by Gasteiger charge is 2.48. The third-order valence-corrected chi connectivity index (χ3v) is 7.59. The van der Waals surface area contributed by atoms with Gasteiger partial charge in [0.2, 0.25) is 5.91 Å². The number of amides is 2. The Bertz CT molecular complexity index is 1190. The second kappa shape index (κ2) is 9.72. The number of benzene rings is 1. The summed E-state index contributed by atoms with van der Waals surface area (Å²) in [5.41, 5.74) is 2.13. The molecule has 1 aromatic carbocycles. The van der Waals surface area contributed by atoms with Crippen LogP contribution in [0.15, 0.2) is 53.1 Å². The molecular formula is C28H34N4O3. The maximum absolute atomic E-state index is 13.9. The van der Waals surface area contributed by atoms with E-state index in [-0.39, 0.29) is 17.9 Å². The normalized spacial score (nSPS) is 21.3. The quantitative estimate of drug-likeness (QED) is 0.558. The van der Waals surface area contributed by atoms with Gasteiger partial charge in [-0.2, -0.15) is 5.10 Å². The van der Waals surface area contributed by atoms with Crippen LogP contribution < -0.4 is 5.32 Å². The summed E-state index contributed by atoms with van der Waals surface area (Å²) in [4.78, 5) is 29.5. The summed E-state index contributed by atoms with van der Waals surface area (Å²) in [5, 5.41) is 7.97. The number of aryl methyl sites for hydroxylation is 1. The Morgan fingerprint density at radius 3 is 2.57 bits per heavy atom. The molecule has 0 radical (unpaired) electrons. The van der Waals surface area contributed by atoms with Crippen LogP contribution in [0.2, 0.25) is 0 Å². The fraction of sp³-hybridized carbons (Fsp3) is 0.464. The van der Waals surface area contributed by atoms with Gasteiger partial charge in [0, 0.05) is 18.7 Å². The smallest absolute Gasteiger partial charge is 0.273 e. The Morgan fingerprint density at radius 1 is 1.11 bits per heavy atom. The van der Waals surface area contributed by atoms with E-state index in [1.807, 2.05) is 44.2 Å². The molecule has 1 fully saturated rings. The fourth-order valence-corrected chi connectivity index (χ4v) is 5.33. The van der Waals surface area contributed by atoms with Crippen molar-refractivity contribution in [2.45, 2.75) is 83.5 Å². The van der Waals surface area contributed by atoms with Gasteiger partial charge in [0.05, 0.1) is 12.8 Å². The van der Waals surface area contributed by atoms with E-state index in [2.05, 4.69) is 10.4 Å². The number of hydrogen-bond donors (Lipinski definition) is 1. The van der Waals surface area contributed by atoms with Gasteiger partial charge in [-0.25, -0.2) is 0 Å². The molecule has 184 valence electrons. The second-order valence-electron chi connectivity index (χ2n) is 10.2. The van der Waals surface area contributed by atoms with Gasteiger partial charge in [-0.3, -0.25) is 14.3 Å². The van der Waals surface area contributed by atoms with E-state index >= 15 is 0 Å². The van der Waals surface area contributed by atoms with Crippen molar-refractivity contribution >= 4 is 11.8 Å². The highest BCUT2D eigenvalue weighted by atomic mass is 16.3. The Kier molecular flexibility index (Phi) is 6.50. The highest BCUT2D eigenvalue weighted by molar-refractivity contribution is 6.00. The summed E-state index contributed by atoms with van der Waals surface area (Å²) in [6, 6.07) is 13.6. The lowest BCUT2D eigenvalue weighted by molar-refractivity contribution is -0.134. The first-order valence-corrected chi connectivity index (χ1v) is 12.7. The molecule has 1 atom stereocenters. The van der Waals surface area contributed by atoms with E-state index in [0.717, 1.165) is 36.8 Å². The van der Waals surface area contributed by atoms with Crippen LogP contribution in [0, 0.1) is 6.92 Å². The molecule has 3 aromatic rings. The van der Waals surface area contributed by atoms with E-state index < -0.39 is 5.54 Å². The van der Waals surface area contributed by atoms with Gasteiger partial charge >= 0.3 is 0 Å². The van der Waals surface area contributed by atoms with Gasteiger partial charge in [-0.1, -0.05) is 56.4 Å². The van der Waals surface area contributed by atoms with E-state index in [9.17, 15) is 9.59 Å². The third-order valence-electron chi connectivity index (χ3n) is 7.59. The molecule has 7 heteroatoms. The molecular weight excluding hydrogens is 440 g/mol. The molecule has 3 heterocycles. The van der Waals surface area contributed by atoms with Crippen LogP contribution in [0.1, 0.15) is 73.5 Å². The minimum Gasteiger partial charge on any atom is -0.463 e. The Morgan fingerprint density at radius 2 is 1.86 bits per heavy atom. The molecule has 35 heavy (non-hydrogen) atoms. The first-order chi connectivity index (χ1) is 17.0. The molecule has 1 aliphatic carbocycles. The average molecular weight is 475 g/mol. The molecule has 1 N–H and O–H groups in total. The maximum atomic E-state index is 13.9. The van der Waals surface area contributed by atoms with E-state index in [0.29, 0.717) is 30.2 Å². The predicted octanol–water partition coefficient (Wildman–Crippen LogP) is 5.10. The molecule has 0 bridgehead atoms. The van der Waals surface area contributed by atoms with Crippen LogP contribution >= 0.6 is 0 Å². The summed E-state index contributed by atoms with van der Waals surface area (Å²) in [6.45, 7) is 4.56. The van der Waals surface area contributed by atoms with E-state index in [4.69, 9.17) is 4.42 Å². The molecule has 0 spiro atoms. The summed E-state index contributed by atoms with van der Waals surface area (Å²) >= 11 is 0. The minimum atomic E-state index is -1.07. The molecule has 5 rings (SSSR count). The van der Waals surface area contributed by atoms with Crippen LogP contribution in [0.3, 0.4) is 0 Å². The van der Waals surface area contributed by atoms with Crippen LogP contribution in [0.4, 0.5) is 0 Å². The minimum absolute atomic E-state index is 0.106. The summed E-state index contributed by atoms with van der Waals surface area (Å²) < 4.78 is 7.19. The zero-order valence-electron chi connectivity index (χ0n) is 20.6. The van der Waals surface area contributed by atoms with Crippen molar-refractivity contribution in [2.24, 2.45) is 0 Å². The average Bonchev–Trinajstić information content (AvgIpc) is 3.49. The molecule has 2 aliphatic rings. The number of aromatic nitrogens is 2. The van der Waals surface area contributed by atoms with Gasteiger partial charge in [0.15, 0.2) is 5.76 Å². The van der Waals surface area contributed by atoms with Crippen molar-refractivity contribution in [3.05, 3.63) is 65.5 Å². The summed E-state index contributed by atoms with van der Waals surface area (Å²) in [6.07, 6.45) is 9.53. The number of nitrogens with zero attached hydrogens (tertiary/aromatic N) is 3. The molecule has 1 aliphatic heterocycles. The predicted molar refractivity (Wildman–Crippen MR) is 134 cm³/mol. The van der Waals surface area contributed by atoms with Crippen LogP contribution in [0.25, 0.3) is 11.5 Å². The van der Waals surface area contributed by atoms with Gasteiger partial charge in [-0.15, -0.1) is 0 Å². The van der Waals surface area contributed by atoms with Crippen molar-refractivity contribution in [2.75, 3.05) is 0 Å². The van der Waals surface area contributed by atoms with Gasteiger partial charge in [0.25, 0.3) is 5.91 Å². The van der Waals surface area contributed by atoms with Crippen molar-refractivity contribution < 1.29 is 14.0 Å². The van der Waals surface area contributed by atoms with Crippen LogP contribution in [-0.2, 0) is 17.9 Å². The lowest BCUT2D eigenvalue weighted by atomic mass is 9.91. The molecule has 2 amide bonds. The number of carbonyl (C=O) groups excluding carboxylic acids is 2. The van der Waals surface area contributed by atoms with Crippen LogP contribution in [0.5, 0.6) is 0 Å². The Hall–Kier alpha value is -3.35. The standard InChI is InChI=1S/C28H34N4O3/c1-20-11-8-9-12-21(20)18-31-26(33)24-17-23(25-15-10-16-35-25)30-32(24)19-28(31,2)27(34)29-22-13-6-4-3-5-7-14-22/h8-12,15-17,22H,3-7,13-14,18-19H2,1-2H3,(H,29,34)/t28-/m0/s1. The molecule has 1 saturated carbocycles. The fourth-order valence-electron chi connectivity index (χ4n) is 5.33. The van der Waals surface area contributed by atoms with Gasteiger partial charge in [-0.05, 0) is 49.9 Å². The zero-order chi connectivity index (χ0) is 24.4. The van der Waals surface area contributed by atoms with Crippen molar-refractivity contribution in [3.8, 4) is 11.5 Å². The third kappa shape index (κ3) is 4.64. The monoisotopic (exact) mass is 474 g/mol. The molecule has 0 saturated heterocycles. The van der Waals surface area contributed by atoms with E-state index in [1.54, 1.807) is 28.0 Å². The second-order valence-corrected chi connectivity index (χ2v) is 10.2. The van der Waals surface area contributed by atoms with Crippen LogP contribution in [-0.4, -0.2) is 38.1 Å². The van der Waals surface area contributed by atoms with E-state index in [1.165, 1.54) is 19.3 Å². The first kappa shape index (κ1) is 23.4. The Balaban J connectivity index is 1.49. The first-order valence-electron chi connectivity index (χ1n) is 12.7. The maximum Gasteiger partial charge on any atom is 0.273 e. The molecule has 0 unspecified atom stereocenters. The lowest BCUT2D eigenvalue weighted by Crippen LogP contribution is -2.64. The van der Waals surface area contributed by atoms with Crippen molar-refractivity contribution in [1.82, 2.24) is 20.0 Å². The Labute approximate surface area is 206 Å². The SMILES string of the molecule is Cc1ccccc1CN1C(=O)c2cc(-c3ccco3)nn2C[C@@]1(C)C(=O)NC1CCCCCCC1. The largest absolute Gasteiger partial charge is 0.463 e. The number of fused-ring (bicyclic) bond motifs is 1. The number of hydrogen-bond acceptors (Lipinski definition) is 4. The lowest BCUT2D eigenvalue weighted by Gasteiger charge is -2.44. The molecule has 2 aromatic heterocycles.